The van der Waals surface area contributed by atoms with Crippen molar-refractivity contribution in [1.82, 2.24) is 9.80 Å². The van der Waals surface area contributed by atoms with E-state index in [9.17, 15) is 24.0 Å². The third kappa shape index (κ3) is 3.28. The van der Waals surface area contributed by atoms with Gasteiger partial charge in [0.2, 0.25) is 5.91 Å². The molecular weight excluding hydrogens is 392 g/mol. The number of nitrogens with zero attached hydrogens (tertiary/aromatic N) is 2. The van der Waals surface area contributed by atoms with Gasteiger partial charge in [-0.1, -0.05) is 12.1 Å². The number of likely N-dealkylation sites (tertiary alicyclic amines) is 1. The van der Waals surface area contributed by atoms with Crippen LogP contribution < -0.4 is 0 Å². The number of benzene rings is 1. The molecule has 1 aromatic carbocycles. The topological polar surface area (TPSA) is 110 Å². The predicted octanol–water partition coefficient (Wildman–Crippen LogP) is 1.12. The van der Waals surface area contributed by atoms with E-state index in [0.29, 0.717) is 26.1 Å². The van der Waals surface area contributed by atoms with Crippen LogP contribution in [0.15, 0.2) is 24.3 Å². The molecule has 3 aliphatic rings. The van der Waals surface area contributed by atoms with Gasteiger partial charge < -0.3 is 9.47 Å². The Balaban J connectivity index is 1.48. The SMILES string of the molecule is CC1(C(=O)OCN2C(=O)CCC(N3C(=O)c4ccccc4C3=O)C2=O)CCOCC1. The maximum Gasteiger partial charge on any atom is 0.313 e. The minimum absolute atomic E-state index is 0.0352. The molecule has 158 valence electrons. The Morgan fingerprint density at radius 1 is 1.10 bits per heavy atom. The largest absolute Gasteiger partial charge is 0.443 e. The molecule has 3 heterocycles. The molecule has 4 amide bonds. The third-order valence-corrected chi connectivity index (χ3v) is 6.03. The Kier molecular flexibility index (Phi) is 5.15. The maximum atomic E-state index is 13.0. The molecule has 30 heavy (non-hydrogen) atoms. The summed E-state index contributed by atoms with van der Waals surface area (Å²) in [7, 11) is 0. The van der Waals surface area contributed by atoms with Gasteiger partial charge in [0.1, 0.15) is 6.04 Å². The van der Waals surface area contributed by atoms with Gasteiger partial charge in [0.05, 0.1) is 16.5 Å². The van der Waals surface area contributed by atoms with Crippen molar-refractivity contribution in [3.8, 4) is 0 Å². The quantitative estimate of drug-likeness (QED) is 0.536. The van der Waals surface area contributed by atoms with Crippen LogP contribution in [0.25, 0.3) is 0 Å². The van der Waals surface area contributed by atoms with Crippen LogP contribution in [0.2, 0.25) is 0 Å². The van der Waals surface area contributed by atoms with E-state index in [1.54, 1.807) is 19.1 Å². The molecule has 2 saturated heterocycles. The highest BCUT2D eigenvalue weighted by molar-refractivity contribution is 6.23. The van der Waals surface area contributed by atoms with E-state index in [1.807, 2.05) is 0 Å². The van der Waals surface area contributed by atoms with Gasteiger partial charge in [-0.3, -0.25) is 28.9 Å². The first-order valence-electron chi connectivity index (χ1n) is 9.89. The number of hydrogen-bond donors (Lipinski definition) is 0. The first-order chi connectivity index (χ1) is 14.3. The number of carbonyl (C=O) groups excluding carboxylic acids is 5. The second-order valence-corrected chi connectivity index (χ2v) is 7.97. The van der Waals surface area contributed by atoms with Crippen molar-refractivity contribution in [2.75, 3.05) is 19.9 Å². The lowest BCUT2D eigenvalue weighted by molar-refractivity contribution is -0.172. The lowest BCUT2D eigenvalue weighted by Crippen LogP contribution is -2.56. The summed E-state index contributed by atoms with van der Waals surface area (Å²) in [4.78, 5) is 65.0. The van der Waals surface area contributed by atoms with Gasteiger partial charge in [0.15, 0.2) is 6.73 Å². The molecule has 3 aliphatic heterocycles. The second kappa shape index (κ2) is 7.64. The van der Waals surface area contributed by atoms with E-state index in [-0.39, 0.29) is 24.0 Å². The highest BCUT2D eigenvalue weighted by Crippen LogP contribution is 2.32. The van der Waals surface area contributed by atoms with E-state index in [2.05, 4.69) is 0 Å². The van der Waals surface area contributed by atoms with Gasteiger partial charge in [0.25, 0.3) is 17.7 Å². The average Bonchev–Trinajstić information content (AvgIpc) is 2.99. The van der Waals surface area contributed by atoms with Crippen LogP contribution in [0, 0.1) is 5.41 Å². The highest BCUT2D eigenvalue weighted by Gasteiger charge is 2.47. The molecule has 1 aromatic rings. The number of hydrogen-bond acceptors (Lipinski definition) is 7. The first kappa shape index (κ1) is 20.2. The molecule has 0 aliphatic carbocycles. The van der Waals surface area contributed by atoms with Crippen LogP contribution in [-0.2, 0) is 23.9 Å². The van der Waals surface area contributed by atoms with Crippen molar-refractivity contribution >= 4 is 29.6 Å². The monoisotopic (exact) mass is 414 g/mol. The van der Waals surface area contributed by atoms with Crippen LogP contribution in [0.4, 0.5) is 0 Å². The molecule has 0 N–H and O–H groups in total. The van der Waals surface area contributed by atoms with Gasteiger partial charge in [-0.2, -0.15) is 0 Å². The third-order valence-electron chi connectivity index (χ3n) is 6.03. The number of fused-ring (bicyclic) bond motifs is 1. The summed E-state index contributed by atoms with van der Waals surface area (Å²) in [6, 6.07) is 5.24. The zero-order valence-corrected chi connectivity index (χ0v) is 16.6. The van der Waals surface area contributed by atoms with Crippen LogP contribution in [0.5, 0.6) is 0 Å². The van der Waals surface area contributed by atoms with Gasteiger partial charge in [-0.25, -0.2) is 4.90 Å². The fourth-order valence-corrected chi connectivity index (χ4v) is 4.01. The van der Waals surface area contributed by atoms with Crippen LogP contribution in [0.1, 0.15) is 53.3 Å². The fraction of sp³-hybridized carbons (Fsp3) is 0.476. The molecule has 0 aromatic heterocycles. The Bertz CT molecular complexity index is 900. The molecule has 1 unspecified atom stereocenters. The van der Waals surface area contributed by atoms with Gasteiger partial charge >= 0.3 is 5.97 Å². The Morgan fingerprint density at radius 2 is 1.70 bits per heavy atom. The lowest BCUT2D eigenvalue weighted by Gasteiger charge is -2.35. The molecule has 0 radical (unpaired) electrons. The summed E-state index contributed by atoms with van der Waals surface area (Å²) in [5.74, 6) is -2.84. The summed E-state index contributed by atoms with van der Waals surface area (Å²) < 4.78 is 10.6. The minimum Gasteiger partial charge on any atom is -0.443 e. The standard InChI is InChI=1S/C21H22N2O7/c1-21(8-10-29-11-9-21)20(28)30-12-22-16(24)7-6-15(19(22)27)23-17(25)13-4-2-3-5-14(13)18(23)26/h2-5,15H,6-12H2,1H3. The van der Waals surface area contributed by atoms with Crippen LogP contribution in [-0.4, -0.2) is 65.4 Å². The molecule has 1 atom stereocenters. The van der Waals surface area contributed by atoms with E-state index in [0.717, 1.165) is 9.80 Å². The highest BCUT2D eigenvalue weighted by atomic mass is 16.5. The molecule has 0 bridgehead atoms. The molecule has 0 spiro atoms. The summed E-state index contributed by atoms with van der Waals surface area (Å²) >= 11 is 0. The molecule has 4 rings (SSSR count). The molecular formula is C21H22N2O7. The van der Waals surface area contributed by atoms with Crippen molar-refractivity contribution in [1.29, 1.82) is 0 Å². The summed E-state index contributed by atoms with van der Waals surface area (Å²) in [5.41, 5.74) is -0.266. The van der Waals surface area contributed by atoms with E-state index in [4.69, 9.17) is 9.47 Å². The van der Waals surface area contributed by atoms with E-state index in [1.165, 1.54) is 12.1 Å². The average molecular weight is 414 g/mol. The zero-order chi connectivity index (χ0) is 21.5. The normalized spacial score (nSPS) is 23.6. The summed E-state index contributed by atoms with van der Waals surface area (Å²) in [6.45, 7) is 2.11. The maximum absolute atomic E-state index is 13.0. The van der Waals surface area contributed by atoms with Crippen molar-refractivity contribution in [2.24, 2.45) is 5.41 Å². The summed E-state index contributed by atoms with van der Waals surface area (Å²) in [6.07, 6.45) is 0.992. The second-order valence-electron chi connectivity index (χ2n) is 7.97. The number of imide groups is 2. The van der Waals surface area contributed by atoms with Crippen molar-refractivity contribution in [3.63, 3.8) is 0 Å². The fourth-order valence-electron chi connectivity index (χ4n) is 4.01. The van der Waals surface area contributed by atoms with Crippen molar-refractivity contribution < 1.29 is 33.4 Å². The first-order valence-corrected chi connectivity index (χ1v) is 9.89. The summed E-state index contributed by atoms with van der Waals surface area (Å²) in [5, 5.41) is 0. The molecule has 0 saturated carbocycles. The number of esters is 1. The van der Waals surface area contributed by atoms with Crippen molar-refractivity contribution in [2.45, 2.75) is 38.6 Å². The van der Waals surface area contributed by atoms with Crippen molar-refractivity contribution in [3.05, 3.63) is 35.4 Å². The van der Waals surface area contributed by atoms with Gasteiger partial charge in [-0.05, 0) is 38.3 Å². The molecule has 9 heteroatoms. The smallest absolute Gasteiger partial charge is 0.313 e. The minimum atomic E-state index is -1.10. The van der Waals surface area contributed by atoms with Crippen LogP contribution >= 0.6 is 0 Å². The van der Waals surface area contributed by atoms with Crippen LogP contribution in [0.3, 0.4) is 0 Å². The van der Waals surface area contributed by atoms with Gasteiger partial charge in [-0.15, -0.1) is 0 Å². The number of rotatable bonds is 4. The van der Waals surface area contributed by atoms with Gasteiger partial charge in [0, 0.05) is 19.6 Å². The molecule has 2 fully saturated rings. The number of carbonyl (C=O) groups is 5. The lowest BCUT2D eigenvalue weighted by atomic mass is 9.82. The van der Waals surface area contributed by atoms with E-state index >= 15 is 0 Å². The zero-order valence-electron chi connectivity index (χ0n) is 16.6. The number of piperidine rings is 1. The Hall–Kier alpha value is -3.07. The predicted molar refractivity (Wildman–Crippen MR) is 101 cm³/mol. The number of amides is 4. The molecule has 9 nitrogen and oxygen atoms in total. The Labute approximate surface area is 172 Å². The number of ether oxygens (including phenoxy) is 2. The van der Waals surface area contributed by atoms with E-state index < -0.39 is 47.8 Å². The Morgan fingerprint density at radius 3 is 2.30 bits per heavy atom.